The van der Waals surface area contributed by atoms with Crippen molar-refractivity contribution in [1.82, 2.24) is 29.8 Å². The molecule has 180 valence electrons. The molecule has 0 unspecified atom stereocenters. The van der Waals surface area contributed by atoms with Crippen LogP contribution in [-0.4, -0.2) is 69.0 Å². The van der Waals surface area contributed by atoms with Gasteiger partial charge in [0.05, 0.1) is 26.0 Å². The maximum absolute atomic E-state index is 13.2. The molecule has 1 amide bonds. The summed E-state index contributed by atoms with van der Waals surface area (Å²) in [5.41, 5.74) is 4.84. The van der Waals surface area contributed by atoms with Crippen molar-refractivity contribution < 1.29 is 14.3 Å². The van der Waals surface area contributed by atoms with E-state index in [0.717, 1.165) is 52.3 Å². The zero-order valence-electron chi connectivity index (χ0n) is 19.7. The third-order valence-electron chi connectivity index (χ3n) is 7.02. The molecule has 6 rings (SSSR count). The van der Waals surface area contributed by atoms with Crippen molar-refractivity contribution in [3.8, 4) is 5.75 Å². The molecule has 35 heavy (non-hydrogen) atoms. The minimum absolute atomic E-state index is 0.0537. The van der Waals surface area contributed by atoms with Crippen molar-refractivity contribution in [1.29, 1.82) is 0 Å². The Hall–Kier alpha value is -3.69. The van der Waals surface area contributed by atoms with Crippen LogP contribution in [0.3, 0.4) is 0 Å². The van der Waals surface area contributed by atoms with Crippen molar-refractivity contribution in [2.45, 2.75) is 25.8 Å². The van der Waals surface area contributed by atoms with Crippen molar-refractivity contribution in [2.75, 3.05) is 33.3 Å². The van der Waals surface area contributed by atoms with Gasteiger partial charge in [0.25, 0.3) is 5.91 Å². The molecular formula is C26H28N6O3. The number of methoxy groups -OCH3 is 1. The molecule has 1 fully saturated rings. The number of rotatable bonds is 5. The number of carbonyl (C=O) groups is 1. The molecule has 4 aromatic rings. The summed E-state index contributed by atoms with van der Waals surface area (Å²) >= 11 is 0. The molecule has 1 atom stereocenters. The Kier molecular flexibility index (Phi) is 5.71. The lowest BCUT2D eigenvalue weighted by atomic mass is 10.1. The van der Waals surface area contributed by atoms with Gasteiger partial charge < -0.3 is 19.4 Å². The summed E-state index contributed by atoms with van der Waals surface area (Å²) < 4.78 is 13.4. The summed E-state index contributed by atoms with van der Waals surface area (Å²) in [4.78, 5) is 20.6. The molecule has 0 saturated carbocycles. The number of amides is 1. The first-order chi connectivity index (χ1) is 17.2. The number of aromatic nitrogens is 4. The van der Waals surface area contributed by atoms with E-state index in [4.69, 9.17) is 9.47 Å². The van der Waals surface area contributed by atoms with Gasteiger partial charge >= 0.3 is 0 Å². The molecule has 0 radical (unpaired) electrons. The highest BCUT2D eigenvalue weighted by Crippen LogP contribution is 2.28. The fourth-order valence-corrected chi connectivity index (χ4v) is 4.97. The lowest BCUT2D eigenvalue weighted by Gasteiger charge is -2.34. The number of ether oxygens (including phenoxy) is 2. The van der Waals surface area contributed by atoms with E-state index < -0.39 is 0 Å². The van der Waals surface area contributed by atoms with Crippen molar-refractivity contribution in [3.05, 3.63) is 77.2 Å². The van der Waals surface area contributed by atoms with Crippen LogP contribution in [0.4, 0.5) is 0 Å². The number of piperazine rings is 1. The molecule has 0 bridgehead atoms. The number of nitrogens with zero attached hydrogens (tertiary/aromatic N) is 5. The van der Waals surface area contributed by atoms with Gasteiger partial charge in [0.15, 0.2) is 0 Å². The molecule has 1 saturated heterocycles. The van der Waals surface area contributed by atoms with Crippen LogP contribution < -0.4 is 4.74 Å². The summed E-state index contributed by atoms with van der Waals surface area (Å²) in [6, 6.07) is 15.8. The molecule has 2 aliphatic rings. The smallest absolute Gasteiger partial charge is 0.254 e. The Bertz CT molecular complexity index is 1340. The van der Waals surface area contributed by atoms with E-state index in [1.54, 1.807) is 7.11 Å². The number of hydrogen-bond donors (Lipinski definition) is 1. The van der Waals surface area contributed by atoms with E-state index in [0.29, 0.717) is 32.8 Å². The largest absolute Gasteiger partial charge is 0.497 e. The number of H-pyrrole nitrogens is 1. The first-order valence-corrected chi connectivity index (χ1v) is 11.9. The Balaban J connectivity index is 1.07. The lowest BCUT2D eigenvalue weighted by molar-refractivity contribution is -0.00222. The van der Waals surface area contributed by atoms with Gasteiger partial charge in [-0.25, -0.2) is 4.68 Å². The van der Waals surface area contributed by atoms with Gasteiger partial charge in [-0.1, -0.05) is 23.4 Å². The zero-order valence-corrected chi connectivity index (χ0v) is 19.7. The normalized spacial score (nSPS) is 18.5. The van der Waals surface area contributed by atoms with Gasteiger partial charge in [-0.3, -0.25) is 9.69 Å². The lowest BCUT2D eigenvalue weighted by Crippen LogP contribution is -2.48. The molecule has 9 nitrogen and oxygen atoms in total. The minimum atomic E-state index is -0.0537. The quantitative estimate of drug-likeness (QED) is 0.481. The van der Waals surface area contributed by atoms with E-state index in [2.05, 4.69) is 20.2 Å². The Labute approximate surface area is 203 Å². The van der Waals surface area contributed by atoms with E-state index >= 15 is 0 Å². The highest BCUT2D eigenvalue weighted by atomic mass is 16.5. The van der Waals surface area contributed by atoms with Gasteiger partial charge in [0.1, 0.15) is 17.5 Å². The van der Waals surface area contributed by atoms with Crippen molar-refractivity contribution in [2.24, 2.45) is 0 Å². The SMILES string of the molecule is COc1ccc([C@H]2Cn3nnc(CN4CCN(C(=O)c5cccc6[nH]ccc56)CC4)c3CO2)cc1. The van der Waals surface area contributed by atoms with Crippen LogP contribution in [0.2, 0.25) is 0 Å². The first kappa shape index (κ1) is 21.8. The number of benzene rings is 2. The van der Waals surface area contributed by atoms with Gasteiger partial charge in [0.2, 0.25) is 0 Å². The summed E-state index contributed by atoms with van der Waals surface area (Å²) in [5.74, 6) is 0.922. The number of carbonyl (C=O) groups excluding carboxylic acids is 1. The fraction of sp³-hybridized carbons (Fsp3) is 0.346. The number of aromatic amines is 1. The summed E-state index contributed by atoms with van der Waals surface area (Å²) in [6.45, 7) is 4.83. The van der Waals surface area contributed by atoms with Crippen LogP contribution in [0.5, 0.6) is 5.75 Å². The average molecular weight is 473 g/mol. The van der Waals surface area contributed by atoms with Crippen LogP contribution in [0, 0.1) is 0 Å². The molecule has 2 aromatic heterocycles. The summed E-state index contributed by atoms with van der Waals surface area (Å²) in [5, 5.41) is 9.85. The first-order valence-electron chi connectivity index (χ1n) is 11.9. The standard InChI is InChI=1S/C26H28N6O3/c1-34-19-7-5-18(6-8-19)25-16-32-24(17-35-25)23(28-29-32)15-30-11-13-31(14-12-30)26(33)21-3-2-4-22-20(21)9-10-27-22/h2-10,25,27H,11-17H2,1H3/t25-/m1/s1. The van der Waals surface area contributed by atoms with Crippen LogP contribution >= 0.6 is 0 Å². The second kappa shape index (κ2) is 9.16. The number of nitrogens with one attached hydrogen (secondary N) is 1. The van der Waals surface area contributed by atoms with Crippen LogP contribution in [-0.2, 0) is 24.4 Å². The van der Waals surface area contributed by atoms with E-state index in [1.807, 2.05) is 64.3 Å². The molecule has 4 heterocycles. The van der Waals surface area contributed by atoms with Crippen LogP contribution in [0.25, 0.3) is 10.9 Å². The maximum Gasteiger partial charge on any atom is 0.254 e. The molecule has 0 spiro atoms. The Morgan fingerprint density at radius 3 is 2.74 bits per heavy atom. The van der Waals surface area contributed by atoms with Crippen molar-refractivity contribution in [3.63, 3.8) is 0 Å². The summed E-state index contributed by atoms with van der Waals surface area (Å²) in [6.07, 6.45) is 1.82. The third kappa shape index (κ3) is 4.17. The fourth-order valence-electron chi connectivity index (χ4n) is 4.97. The van der Waals surface area contributed by atoms with Gasteiger partial charge in [0, 0.05) is 55.4 Å². The summed E-state index contributed by atoms with van der Waals surface area (Å²) in [7, 11) is 1.66. The second-order valence-electron chi connectivity index (χ2n) is 9.05. The van der Waals surface area contributed by atoms with Gasteiger partial charge in [-0.15, -0.1) is 5.10 Å². The predicted molar refractivity (Wildman–Crippen MR) is 130 cm³/mol. The predicted octanol–water partition coefficient (Wildman–Crippen LogP) is 3.00. The molecule has 0 aliphatic carbocycles. The molecule has 2 aromatic carbocycles. The monoisotopic (exact) mass is 472 g/mol. The highest BCUT2D eigenvalue weighted by Gasteiger charge is 2.28. The topological polar surface area (TPSA) is 88.5 Å². The molecule has 2 aliphatic heterocycles. The third-order valence-corrected chi connectivity index (χ3v) is 7.02. The molecule has 9 heteroatoms. The van der Waals surface area contributed by atoms with Crippen LogP contribution in [0.15, 0.2) is 54.7 Å². The van der Waals surface area contributed by atoms with Crippen LogP contribution in [0.1, 0.15) is 33.4 Å². The Morgan fingerprint density at radius 2 is 1.94 bits per heavy atom. The number of hydrogen-bond acceptors (Lipinski definition) is 6. The van der Waals surface area contributed by atoms with Gasteiger partial charge in [-0.05, 0) is 35.9 Å². The zero-order chi connectivity index (χ0) is 23.8. The molecular weight excluding hydrogens is 444 g/mol. The van der Waals surface area contributed by atoms with E-state index in [1.165, 1.54) is 0 Å². The Morgan fingerprint density at radius 1 is 1.11 bits per heavy atom. The number of fused-ring (bicyclic) bond motifs is 2. The van der Waals surface area contributed by atoms with E-state index in [-0.39, 0.29) is 12.0 Å². The molecule has 1 N–H and O–H groups in total. The van der Waals surface area contributed by atoms with Crippen molar-refractivity contribution >= 4 is 16.8 Å². The van der Waals surface area contributed by atoms with E-state index in [9.17, 15) is 4.79 Å². The second-order valence-corrected chi connectivity index (χ2v) is 9.05. The maximum atomic E-state index is 13.2. The average Bonchev–Trinajstić information content (AvgIpc) is 3.55. The highest BCUT2D eigenvalue weighted by molar-refractivity contribution is 6.06. The minimum Gasteiger partial charge on any atom is -0.497 e. The van der Waals surface area contributed by atoms with Gasteiger partial charge in [-0.2, -0.15) is 0 Å².